The lowest BCUT2D eigenvalue weighted by atomic mass is 9.91. The summed E-state index contributed by atoms with van der Waals surface area (Å²) in [5.41, 5.74) is -2.41. The van der Waals surface area contributed by atoms with E-state index >= 15 is 0 Å². The summed E-state index contributed by atoms with van der Waals surface area (Å²) in [6.45, 7) is 0.753. The number of benzene rings is 2. The van der Waals surface area contributed by atoms with Crippen LogP contribution in [-0.4, -0.2) is 48.2 Å². The fourth-order valence-corrected chi connectivity index (χ4v) is 5.03. The first kappa shape index (κ1) is 24.6. The first-order chi connectivity index (χ1) is 16.3. The number of para-hydroxylation sites is 1. The van der Waals surface area contributed by atoms with Gasteiger partial charge in [-0.15, -0.1) is 0 Å². The molecule has 1 aliphatic rings. The Balaban J connectivity index is 1.26. The Kier molecular flexibility index (Phi) is 7.83. The molecule has 1 aliphatic carbocycles. The highest BCUT2D eigenvalue weighted by Crippen LogP contribution is 2.37. The Hall–Kier alpha value is -2.52. The zero-order valence-electron chi connectivity index (χ0n) is 19.4. The molecule has 1 aromatic heterocycles. The summed E-state index contributed by atoms with van der Waals surface area (Å²) >= 11 is -0.0601. The molecule has 2 aromatic carbocycles. The average Bonchev–Trinajstić information content (AvgIpc) is 2.79. The maximum absolute atomic E-state index is 12.6. The third kappa shape index (κ3) is 6.76. The smallest absolute Gasteiger partial charge is 0.362 e. The van der Waals surface area contributed by atoms with Crippen molar-refractivity contribution in [2.24, 2.45) is 0 Å². The van der Waals surface area contributed by atoms with Gasteiger partial charge in [0.15, 0.2) is 0 Å². The van der Waals surface area contributed by atoms with Gasteiger partial charge in [0.25, 0.3) is 0 Å². The number of halogens is 3. The SMILES string of the molecule is CN(C)c1nc(NC2CCC(NCCc3cccc(SC(F)(F)F)c3)CC2)nc2ccccc12. The van der Waals surface area contributed by atoms with Crippen LogP contribution in [0.3, 0.4) is 0 Å². The predicted octanol–water partition coefficient (Wildman–Crippen LogP) is 5.86. The number of anilines is 2. The zero-order chi connectivity index (χ0) is 24.1. The Morgan fingerprint density at radius 3 is 2.44 bits per heavy atom. The number of hydrogen-bond donors (Lipinski definition) is 2. The highest BCUT2D eigenvalue weighted by Gasteiger charge is 2.29. The van der Waals surface area contributed by atoms with Crippen LogP contribution in [0.1, 0.15) is 31.2 Å². The third-order valence-corrected chi connectivity index (χ3v) is 6.77. The quantitative estimate of drug-likeness (QED) is 0.387. The van der Waals surface area contributed by atoms with Crippen molar-refractivity contribution in [3.05, 3.63) is 54.1 Å². The number of alkyl halides is 3. The van der Waals surface area contributed by atoms with Crippen molar-refractivity contribution in [3.8, 4) is 0 Å². The zero-order valence-corrected chi connectivity index (χ0v) is 20.2. The summed E-state index contributed by atoms with van der Waals surface area (Å²) in [6, 6.07) is 15.5. The highest BCUT2D eigenvalue weighted by atomic mass is 32.2. The second-order valence-electron chi connectivity index (χ2n) is 8.87. The van der Waals surface area contributed by atoms with Gasteiger partial charge in [-0.3, -0.25) is 0 Å². The summed E-state index contributed by atoms with van der Waals surface area (Å²) in [7, 11) is 3.97. The molecule has 34 heavy (non-hydrogen) atoms. The molecule has 0 atom stereocenters. The number of rotatable bonds is 8. The molecule has 0 bridgehead atoms. The molecule has 0 spiro atoms. The van der Waals surface area contributed by atoms with Crippen LogP contribution in [0, 0.1) is 0 Å². The molecule has 1 saturated carbocycles. The van der Waals surface area contributed by atoms with Crippen LogP contribution in [0.25, 0.3) is 10.9 Å². The number of thioether (sulfide) groups is 1. The van der Waals surface area contributed by atoms with Gasteiger partial charge in [-0.05, 0) is 80.2 Å². The molecule has 0 radical (unpaired) electrons. The lowest BCUT2D eigenvalue weighted by molar-refractivity contribution is -0.0328. The van der Waals surface area contributed by atoms with E-state index in [0.29, 0.717) is 24.5 Å². The first-order valence-electron chi connectivity index (χ1n) is 11.6. The molecule has 0 saturated heterocycles. The van der Waals surface area contributed by atoms with Crippen LogP contribution < -0.4 is 15.5 Å². The van der Waals surface area contributed by atoms with E-state index in [-0.39, 0.29) is 16.7 Å². The molecule has 0 aliphatic heterocycles. The minimum atomic E-state index is -4.25. The van der Waals surface area contributed by atoms with Crippen LogP contribution in [0.4, 0.5) is 24.9 Å². The van der Waals surface area contributed by atoms with Gasteiger partial charge >= 0.3 is 5.51 Å². The summed E-state index contributed by atoms with van der Waals surface area (Å²) < 4.78 is 37.8. The van der Waals surface area contributed by atoms with Crippen molar-refractivity contribution in [1.82, 2.24) is 15.3 Å². The van der Waals surface area contributed by atoms with Crippen molar-refractivity contribution in [2.75, 3.05) is 30.9 Å². The van der Waals surface area contributed by atoms with E-state index in [4.69, 9.17) is 9.97 Å². The molecular weight excluding hydrogens is 459 g/mol. The topological polar surface area (TPSA) is 53.1 Å². The van der Waals surface area contributed by atoms with E-state index in [2.05, 4.69) is 10.6 Å². The van der Waals surface area contributed by atoms with Gasteiger partial charge < -0.3 is 15.5 Å². The van der Waals surface area contributed by atoms with Crippen molar-refractivity contribution < 1.29 is 13.2 Å². The maximum atomic E-state index is 12.6. The Morgan fingerprint density at radius 2 is 1.71 bits per heavy atom. The van der Waals surface area contributed by atoms with Gasteiger partial charge in [0, 0.05) is 36.5 Å². The van der Waals surface area contributed by atoms with Gasteiger partial charge in [0.1, 0.15) is 5.82 Å². The first-order valence-corrected chi connectivity index (χ1v) is 12.4. The number of hydrogen-bond acceptors (Lipinski definition) is 6. The van der Waals surface area contributed by atoms with Gasteiger partial charge in [-0.2, -0.15) is 18.2 Å². The van der Waals surface area contributed by atoms with Gasteiger partial charge in [-0.1, -0.05) is 24.3 Å². The van der Waals surface area contributed by atoms with E-state index in [1.54, 1.807) is 12.1 Å². The van der Waals surface area contributed by atoms with E-state index < -0.39 is 5.51 Å². The van der Waals surface area contributed by atoms with Crippen molar-refractivity contribution in [2.45, 2.75) is 54.6 Å². The average molecular weight is 490 g/mol. The number of fused-ring (bicyclic) bond motifs is 1. The summed E-state index contributed by atoms with van der Waals surface area (Å²) in [5.74, 6) is 1.57. The standard InChI is InChI=1S/C25H30F3N5S/c1-33(2)23-21-8-3-4-9-22(21)31-24(32-23)30-19-12-10-18(11-13-19)29-15-14-17-6-5-7-20(16-17)34-25(26,27)28/h3-9,16,18-19,29H,10-15H2,1-2H3,(H,30,31,32). The molecule has 1 heterocycles. The highest BCUT2D eigenvalue weighted by molar-refractivity contribution is 8.00. The minimum Gasteiger partial charge on any atom is -0.362 e. The lowest BCUT2D eigenvalue weighted by Crippen LogP contribution is -2.38. The van der Waals surface area contributed by atoms with E-state index in [0.717, 1.165) is 54.5 Å². The lowest BCUT2D eigenvalue weighted by Gasteiger charge is -2.30. The van der Waals surface area contributed by atoms with Gasteiger partial charge in [0.2, 0.25) is 5.95 Å². The van der Waals surface area contributed by atoms with Crippen molar-refractivity contribution in [1.29, 1.82) is 0 Å². The monoisotopic (exact) mass is 489 g/mol. The second kappa shape index (κ2) is 10.8. The molecule has 2 N–H and O–H groups in total. The Bertz CT molecular complexity index is 1100. The maximum Gasteiger partial charge on any atom is 0.446 e. The van der Waals surface area contributed by atoms with Crippen LogP contribution in [0.15, 0.2) is 53.4 Å². The molecule has 5 nitrogen and oxygen atoms in total. The third-order valence-electron chi connectivity index (χ3n) is 6.05. The summed E-state index contributed by atoms with van der Waals surface area (Å²) in [6.07, 6.45) is 4.82. The molecule has 0 amide bonds. The second-order valence-corrected chi connectivity index (χ2v) is 10.0. The Morgan fingerprint density at radius 1 is 0.971 bits per heavy atom. The van der Waals surface area contributed by atoms with Crippen LogP contribution >= 0.6 is 11.8 Å². The number of nitrogens with one attached hydrogen (secondary N) is 2. The molecule has 0 unspecified atom stereocenters. The van der Waals surface area contributed by atoms with Crippen LogP contribution in [0.5, 0.6) is 0 Å². The molecule has 9 heteroatoms. The number of aromatic nitrogens is 2. The van der Waals surface area contributed by atoms with Crippen molar-refractivity contribution >= 4 is 34.4 Å². The number of nitrogens with zero attached hydrogens (tertiary/aromatic N) is 3. The largest absolute Gasteiger partial charge is 0.446 e. The molecular formula is C25H30F3N5S. The van der Waals surface area contributed by atoms with Gasteiger partial charge in [-0.25, -0.2) is 4.98 Å². The minimum absolute atomic E-state index is 0.0601. The molecule has 1 fully saturated rings. The van der Waals surface area contributed by atoms with Crippen molar-refractivity contribution in [3.63, 3.8) is 0 Å². The van der Waals surface area contributed by atoms with Crippen LogP contribution in [0.2, 0.25) is 0 Å². The predicted molar refractivity (Wildman–Crippen MR) is 134 cm³/mol. The molecule has 182 valence electrons. The molecule has 4 rings (SSSR count). The Labute approximate surface area is 202 Å². The van der Waals surface area contributed by atoms with Gasteiger partial charge in [0.05, 0.1) is 5.52 Å². The summed E-state index contributed by atoms with van der Waals surface area (Å²) in [4.78, 5) is 11.7. The van der Waals surface area contributed by atoms with Crippen LogP contribution in [-0.2, 0) is 6.42 Å². The fraction of sp³-hybridized carbons (Fsp3) is 0.440. The van der Waals surface area contributed by atoms with E-state index in [1.807, 2.05) is 49.3 Å². The molecule has 3 aromatic rings. The van der Waals surface area contributed by atoms with E-state index in [1.165, 1.54) is 6.07 Å². The fourth-order valence-electron chi connectivity index (χ4n) is 4.41. The normalized spacial score (nSPS) is 18.7. The van der Waals surface area contributed by atoms with E-state index in [9.17, 15) is 13.2 Å². The summed E-state index contributed by atoms with van der Waals surface area (Å²) in [5, 5.41) is 8.14.